The summed E-state index contributed by atoms with van der Waals surface area (Å²) in [6, 6.07) is 0.285. The molecule has 0 bridgehead atoms. The number of halogens is 1. The van der Waals surface area contributed by atoms with Gasteiger partial charge in [-0.1, -0.05) is 22.6 Å². The highest BCUT2D eigenvalue weighted by Crippen LogP contribution is 1.99. The Kier molecular flexibility index (Phi) is 2.71. The third-order valence-electron chi connectivity index (χ3n) is 1.12. The highest BCUT2D eigenvalue weighted by Gasteiger charge is 2.19. The van der Waals surface area contributed by atoms with Crippen LogP contribution in [-0.4, -0.2) is 29.6 Å². The first-order valence-corrected chi connectivity index (χ1v) is 4.28. The number of carbonyl (C=O) groups excluding carboxylic acids is 1. The number of amides is 1. The van der Waals surface area contributed by atoms with Gasteiger partial charge in [-0.3, -0.25) is 4.79 Å². The Hall–Kier alpha value is 0.160. The summed E-state index contributed by atoms with van der Waals surface area (Å²) in [5.41, 5.74) is 0. The lowest BCUT2D eigenvalue weighted by atomic mass is 10.2. The van der Waals surface area contributed by atoms with Crippen LogP contribution in [0, 0.1) is 0 Å². The van der Waals surface area contributed by atoms with Crippen LogP contribution in [0.25, 0.3) is 0 Å². The van der Waals surface area contributed by atoms with E-state index >= 15 is 0 Å². The molecule has 0 aromatic heterocycles. The second kappa shape index (κ2) is 3.36. The second-order valence-corrected chi connectivity index (χ2v) is 2.70. The maximum atomic E-state index is 10.6. The van der Waals surface area contributed by atoms with Crippen molar-refractivity contribution in [2.24, 2.45) is 0 Å². The first-order valence-electron chi connectivity index (χ1n) is 2.76. The molecule has 4 heteroatoms. The summed E-state index contributed by atoms with van der Waals surface area (Å²) in [5.74, 6) is 0.101. The van der Waals surface area contributed by atoms with Gasteiger partial charge in [0.1, 0.15) is 0 Å². The van der Waals surface area contributed by atoms with Crippen molar-refractivity contribution in [2.75, 3.05) is 17.6 Å². The largest absolute Gasteiger partial charge is 0.377 e. The molecule has 0 spiro atoms. The summed E-state index contributed by atoms with van der Waals surface area (Å²) >= 11 is 2.03. The van der Waals surface area contributed by atoms with Gasteiger partial charge in [-0.05, 0) is 0 Å². The highest BCUT2D eigenvalue weighted by atomic mass is 127. The fourth-order valence-corrected chi connectivity index (χ4v) is 0.805. The Bertz CT molecular complexity index is 114. The van der Waals surface area contributed by atoms with Crippen molar-refractivity contribution in [1.82, 2.24) is 5.32 Å². The number of nitrogens with one attached hydrogen (secondary N) is 1. The fourth-order valence-electron chi connectivity index (χ4n) is 0.585. The van der Waals surface area contributed by atoms with E-state index in [1.54, 1.807) is 0 Å². The molecule has 3 nitrogen and oxygen atoms in total. The van der Waals surface area contributed by atoms with E-state index in [2.05, 4.69) is 5.32 Å². The number of carbonyl (C=O) groups is 1. The molecule has 0 unspecified atom stereocenters. The Labute approximate surface area is 67.3 Å². The third kappa shape index (κ3) is 2.09. The lowest BCUT2D eigenvalue weighted by molar-refractivity contribution is -0.122. The zero-order valence-corrected chi connectivity index (χ0v) is 7.05. The zero-order valence-electron chi connectivity index (χ0n) is 4.89. The van der Waals surface area contributed by atoms with Crippen LogP contribution in [-0.2, 0) is 9.53 Å². The molecular formula is C5H8INO2. The summed E-state index contributed by atoms with van der Waals surface area (Å²) in [7, 11) is 0. The van der Waals surface area contributed by atoms with Gasteiger partial charge in [-0.2, -0.15) is 0 Å². The molecule has 1 fully saturated rings. The van der Waals surface area contributed by atoms with Gasteiger partial charge in [0.25, 0.3) is 0 Å². The van der Waals surface area contributed by atoms with Crippen LogP contribution in [0.3, 0.4) is 0 Å². The maximum absolute atomic E-state index is 10.6. The van der Waals surface area contributed by atoms with Crippen molar-refractivity contribution in [1.29, 1.82) is 0 Å². The molecule has 0 aromatic rings. The number of hydrogen-bond acceptors (Lipinski definition) is 2. The van der Waals surface area contributed by atoms with Crippen LogP contribution in [0.4, 0.5) is 0 Å². The molecule has 9 heavy (non-hydrogen) atoms. The van der Waals surface area contributed by atoms with E-state index in [9.17, 15) is 4.79 Å². The van der Waals surface area contributed by atoms with E-state index in [0.717, 1.165) is 0 Å². The Morgan fingerprint density at radius 1 is 1.78 bits per heavy atom. The van der Waals surface area contributed by atoms with Crippen LogP contribution in [0.5, 0.6) is 0 Å². The number of ether oxygens (including phenoxy) is 1. The maximum Gasteiger partial charge on any atom is 0.230 e. The topological polar surface area (TPSA) is 38.3 Å². The Morgan fingerprint density at radius 3 is 2.78 bits per heavy atom. The van der Waals surface area contributed by atoms with Gasteiger partial charge in [-0.15, -0.1) is 0 Å². The molecular weight excluding hydrogens is 233 g/mol. The van der Waals surface area contributed by atoms with Gasteiger partial charge in [0.2, 0.25) is 5.91 Å². The van der Waals surface area contributed by atoms with Gasteiger partial charge in [-0.25, -0.2) is 0 Å². The predicted octanol–water partition coefficient (Wildman–Crippen LogP) is -0.0636. The smallest absolute Gasteiger partial charge is 0.230 e. The average Bonchev–Trinajstić information content (AvgIpc) is 1.78. The number of hydrogen-bond donors (Lipinski definition) is 1. The molecule has 0 aromatic carbocycles. The van der Waals surface area contributed by atoms with E-state index in [0.29, 0.717) is 17.6 Å². The quantitative estimate of drug-likeness (QED) is 0.543. The van der Waals surface area contributed by atoms with Gasteiger partial charge in [0.05, 0.1) is 23.7 Å². The van der Waals surface area contributed by atoms with Crippen molar-refractivity contribution in [2.45, 2.75) is 6.04 Å². The molecule has 0 aliphatic carbocycles. The number of alkyl halides is 1. The molecule has 52 valence electrons. The number of rotatable bonds is 2. The van der Waals surface area contributed by atoms with Crippen molar-refractivity contribution in [3.63, 3.8) is 0 Å². The minimum Gasteiger partial charge on any atom is -0.377 e. The van der Waals surface area contributed by atoms with E-state index < -0.39 is 0 Å². The lowest BCUT2D eigenvalue weighted by Crippen LogP contribution is -2.48. The monoisotopic (exact) mass is 241 g/mol. The molecule has 1 aliphatic heterocycles. The van der Waals surface area contributed by atoms with Crippen molar-refractivity contribution in [3.8, 4) is 0 Å². The van der Waals surface area contributed by atoms with Crippen LogP contribution >= 0.6 is 22.6 Å². The fraction of sp³-hybridized carbons (Fsp3) is 0.800. The van der Waals surface area contributed by atoms with Crippen LogP contribution in [0.15, 0.2) is 0 Å². The lowest BCUT2D eigenvalue weighted by Gasteiger charge is -2.26. The summed E-state index contributed by atoms with van der Waals surface area (Å²) in [6.45, 7) is 1.37. The Morgan fingerprint density at radius 2 is 2.44 bits per heavy atom. The highest BCUT2D eigenvalue weighted by molar-refractivity contribution is 14.1. The molecule has 1 saturated heterocycles. The van der Waals surface area contributed by atoms with Crippen molar-refractivity contribution in [3.05, 3.63) is 0 Å². The van der Waals surface area contributed by atoms with Gasteiger partial charge in [0, 0.05) is 0 Å². The van der Waals surface area contributed by atoms with Crippen molar-refractivity contribution < 1.29 is 9.53 Å². The molecule has 1 amide bonds. The molecule has 0 saturated carbocycles. The summed E-state index contributed by atoms with van der Waals surface area (Å²) < 4.78 is 5.40. The van der Waals surface area contributed by atoms with Gasteiger partial charge in [0.15, 0.2) is 0 Å². The summed E-state index contributed by atoms with van der Waals surface area (Å²) in [4.78, 5) is 10.6. The molecule has 1 rings (SSSR count). The summed E-state index contributed by atoms with van der Waals surface area (Å²) in [5, 5.41) is 2.79. The van der Waals surface area contributed by atoms with Gasteiger partial charge < -0.3 is 10.1 Å². The minimum absolute atomic E-state index is 0.101. The van der Waals surface area contributed by atoms with Crippen LogP contribution in [0.1, 0.15) is 0 Å². The van der Waals surface area contributed by atoms with E-state index in [1.807, 2.05) is 22.6 Å². The minimum atomic E-state index is 0.101. The zero-order chi connectivity index (χ0) is 6.69. The second-order valence-electron chi connectivity index (χ2n) is 1.94. The molecule has 1 aliphatic rings. The van der Waals surface area contributed by atoms with Gasteiger partial charge >= 0.3 is 0 Å². The molecule has 0 atom stereocenters. The molecule has 1 N–H and O–H groups in total. The first kappa shape index (κ1) is 7.27. The Balaban J connectivity index is 2.09. The molecule has 1 heterocycles. The van der Waals surface area contributed by atoms with E-state index in [1.165, 1.54) is 0 Å². The third-order valence-corrected chi connectivity index (χ3v) is 1.82. The van der Waals surface area contributed by atoms with Crippen molar-refractivity contribution >= 4 is 28.5 Å². The van der Waals surface area contributed by atoms with Crippen LogP contribution < -0.4 is 5.32 Å². The SMILES string of the molecule is O=C(CI)NC1COC1. The van der Waals surface area contributed by atoms with Crippen LogP contribution in [0.2, 0.25) is 0 Å². The molecule has 0 radical (unpaired) electrons. The summed E-state index contributed by atoms with van der Waals surface area (Å²) in [6.07, 6.45) is 0. The predicted molar refractivity (Wildman–Crippen MR) is 41.6 cm³/mol. The average molecular weight is 241 g/mol. The first-order chi connectivity index (χ1) is 4.33. The van der Waals surface area contributed by atoms with E-state index in [-0.39, 0.29) is 11.9 Å². The normalized spacial score (nSPS) is 18.8. The standard InChI is InChI=1S/C5H8INO2/c6-1-5(8)7-4-2-9-3-4/h4H,1-3H2,(H,7,8). The van der Waals surface area contributed by atoms with E-state index in [4.69, 9.17) is 4.74 Å².